The third kappa shape index (κ3) is 6.51. The van der Waals surface area contributed by atoms with Crippen LogP contribution in [0, 0.1) is 17.8 Å². The molecule has 4 fully saturated rings. The highest BCUT2D eigenvalue weighted by Gasteiger charge is 2.64. The highest BCUT2D eigenvalue weighted by Crippen LogP contribution is 2.49. The number of alkyl halides is 1. The van der Waals surface area contributed by atoms with Crippen molar-refractivity contribution in [2.45, 2.75) is 100 Å². The van der Waals surface area contributed by atoms with Gasteiger partial charge in [0, 0.05) is 23.6 Å². The zero-order valence-corrected chi connectivity index (χ0v) is 28.1. The lowest BCUT2D eigenvalue weighted by Gasteiger charge is -2.28. The number of amides is 3. The number of aromatic nitrogens is 1. The number of hydrogen-bond donors (Lipinski definition) is 2. The molecular weight excluding hydrogens is 627 g/mol. The molecule has 2 N–H and O–H groups in total. The summed E-state index contributed by atoms with van der Waals surface area (Å²) in [4.78, 5) is 47.6. The summed E-state index contributed by atoms with van der Waals surface area (Å²) in [5.41, 5.74) is -1.45. The van der Waals surface area contributed by atoms with Gasteiger partial charge in [0.15, 0.2) is 0 Å². The first-order chi connectivity index (χ1) is 22.4. The second-order valence-corrected chi connectivity index (χ2v) is 16.3. The van der Waals surface area contributed by atoms with Crippen LogP contribution in [-0.2, 0) is 24.4 Å². The minimum Gasteiger partial charge on any atom is -0.494 e. The third-order valence-corrected chi connectivity index (χ3v) is 12.7. The molecule has 0 bridgehead atoms. The predicted molar refractivity (Wildman–Crippen MR) is 173 cm³/mol. The summed E-state index contributed by atoms with van der Waals surface area (Å²) in [5.74, 6) is -0.355. The van der Waals surface area contributed by atoms with E-state index >= 15 is 0 Å². The van der Waals surface area contributed by atoms with E-state index in [9.17, 15) is 27.2 Å². The topological polar surface area (TPSA) is 144 Å². The fraction of sp³-hybridized carbons (Fsp3) is 0.647. The Morgan fingerprint density at radius 2 is 1.83 bits per heavy atom. The van der Waals surface area contributed by atoms with Crippen LogP contribution in [0.2, 0.25) is 0 Å². The van der Waals surface area contributed by atoms with Crippen molar-refractivity contribution in [1.82, 2.24) is 19.9 Å². The van der Waals surface area contributed by atoms with Crippen LogP contribution in [0.3, 0.4) is 0 Å². The van der Waals surface area contributed by atoms with E-state index in [1.807, 2.05) is 24.3 Å². The second-order valence-electron chi connectivity index (χ2n) is 14.3. The molecule has 1 aromatic heterocycles. The van der Waals surface area contributed by atoms with Crippen LogP contribution in [0.5, 0.6) is 11.6 Å². The molecule has 1 aromatic carbocycles. The number of nitrogens with zero attached hydrogens (tertiary/aromatic N) is 2. The summed E-state index contributed by atoms with van der Waals surface area (Å²) in [6, 6.07) is 6.58. The van der Waals surface area contributed by atoms with E-state index in [1.165, 1.54) is 4.90 Å². The third-order valence-electron chi connectivity index (χ3n) is 10.6. The van der Waals surface area contributed by atoms with Gasteiger partial charge in [-0.05, 0) is 55.9 Å². The lowest BCUT2D eigenvalue weighted by molar-refractivity contribution is -0.140. The number of benzene rings is 1. The van der Waals surface area contributed by atoms with Crippen LogP contribution in [0.4, 0.5) is 4.39 Å². The van der Waals surface area contributed by atoms with Gasteiger partial charge >= 0.3 is 0 Å². The van der Waals surface area contributed by atoms with Crippen LogP contribution < -0.4 is 19.5 Å². The Morgan fingerprint density at radius 1 is 1.11 bits per heavy atom. The summed E-state index contributed by atoms with van der Waals surface area (Å²) in [5, 5.41) is 4.44. The molecule has 2 saturated heterocycles. The molecular formula is C34H45FN4O7S. The molecule has 2 aromatic rings. The minimum absolute atomic E-state index is 0.111. The molecule has 4 aliphatic rings. The van der Waals surface area contributed by atoms with Gasteiger partial charge in [0.25, 0.3) is 5.91 Å². The molecule has 11 nitrogen and oxygen atoms in total. The molecule has 0 radical (unpaired) electrons. The Hall–Kier alpha value is -3.48. The molecule has 256 valence electrons. The molecule has 1 unspecified atom stereocenters. The van der Waals surface area contributed by atoms with Gasteiger partial charge in [-0.2, -0.15) is 0 Å². The van der Waals surface area contributed by atoms with Gasteiger partial charge in [-0.1, -0.05) is 51.3 Å². The number of nitrogens with one attached hydrogen (secondary N) is 2. The van der Waals surface area contributed by atoms with Gasteiger partial charge in [-0.15, -0.1) is 0 Å². The summed E-state index contributed by atoms with van der Waals surface area (Å²) in [7, 11) is -2.71. The number of pyridine rings is 1. The summed E-state index contributed by atoms with van der Waals surface area (Å²) in [6.45, 7) is 3.31. The zero-order valence-electron chi connectivity index (χ0n) is 27.3. The number of sulfonamides is 1. The van der Waals surface area contributed by atoms with Gasteiger partial charge < -0.3 is 19.7 Å². The molecule has 2 saturated carbocycles. The summed E-state index contributed by atoms with van der Waals surface area (Å²) in [6.07, 6.45) is 6.23. The van der Waals surface area contributed by atoms with Gasteiger partial charge in [0.05, 0.1) is 19.9 Å². The van der Waals surface area contributed by atoms with Crippen molar-refractivity contribution in [3.8, 4) is 11.6 Å². The summed E-state index contributed by atoms with van der Waals surface area (Å²) >= 11 is 0. The zero-order chi connectivity index (χ0) is 33.6. The van der Waals surface area contributed by atoms with Crippen molar-refractivity contribution >= 4 is 38.5 Å². The van der Waals surface area contributed by atoms with Gasteiger partial charge in [0.1, 0.15) is 34.9 Å². The molecule has 0 spiro atoms. The number of fused-ring (bicyclic) bond motifs is 3. The number of carbonyl (C=O) groups excluding carboxylic acids is 3. The quantitative estimate of drug-likeness (QED) is 0.449. The van der Waals surface area contributed by atoms with Gasteiger partial charge in [-0.3, -0.25) is 19.1 Å². The second kappa shape index (κ2) is 12.9. The first-order valence-electron chi connectivity index (χ1n) is 16.7. The van der Waals surface area contributed by atoms with Gasteiger partial charge in [-0.25, -0.2) is 17.8 Å². The average molecular weight is 673 g/mol. The number of hydrogen-bond acceptors (Lipinski definition) is 8. The lowest BCUT2D eigenvalue weighted by atomic mass is 9.90. The van der Waals surface area contributed by atoms with Crippen molar-refractivity contribution in [2.75, 3.05) is 20.3 Å². The van der Waals surface area contributed by atoms with Crippen LogP contribution in [0.15, 0.2) is 30.5 Å². The van der Waals surface area contributed by atoms with Crippen LogP contribution in [0.1, 0.15) is 78.1 Å². The van der Waals surface area contributed by atoms with Crippen molar-refractivity contribution in [1.29, 1.82) is 0 Å². The number of halogens is 1. The van der Waals surface area contributed by atoms with Gasteiger partial charge in [0.2, 0.25) is 27.7 Å². The predicted octanol–water partition coefficient (Wildman–Crippen LogP) is 4.04. The highest BCUT2D eigenvalue weighted by molar-refractivity contribution is 7.91. The fourth-order valence-electron chi connectivity index (χ4n) is 7.55. The maximum atomic E-state index is 14.1. The van der Waals surface area contributed by atoms with E-state index in [1.54, 1.807) is 13.3 Å². The Balaban J connectivity index is 1.27. The van der Waals surface area contributed by atoms with E-state index in [0.29, 0.717) is 24.0 Å². The monoisotopic (exact) mass is 672 g/mol. The molecule has 3 amide bonds. The number of methoxy groups -OCH3 is 1. The SMILES string of the molecule is COc1cnc(O[C@@H]2C[C@H]3C(=O)N[C@]4(C(=O)NS(=O)(=O)C5(CF)CC5)C[C@H]4CCCCC(C)C[C@@H](C)CC(=O)N3C2)c2ccccc12. The Labute approximate surface area is 275 Å². The van der Waals surface area contributed by atoms with Crippen molar-refractivity contribution < 1.29 is 36.7 Å². The Bertz CT molecular complexity index is 1650. The maximum absolute atomic E-state index is 14.1. The normalized spacial score (nSPS) is 31.1. The van der Waals surface area contributed by atoms with E-state index in [4.69, 9.17) is 9.47 Å². The number of carbonyl (C=O) groups is 3. The molecule has 2 aliphatic carbocycles. The largest absolute Gasteiger partial charge is 0.494 e. The molecule has 2 aliphatic heterocycles. The van der Waals surface area contributed by atoms with Crippen LogP contribution in [0.25, 0.3) is 10.8 Å². The maximum Gasteiger partial charge on any atom is 0.259 e. The number of ether oxygens (including phenoxy) is 2. The van der Waals surface area contributed by atoms with Crippen LogP contribution in [-0.4, -0.2) is 78.8 Å². The van der Waals surface area contributed by atoms with Crippen LogP contribution >= 0.6 is 0 Å². The first-order valence-corrected chi connectivity index (χ1v) is 18.2. The lowest BCUT2D eigenvalue weighted by Crippen LogP contribution is -2.57. The fourth-order valence-corrected chi connectivity index (χ4v) is 8.98. The van der Waals surface area contributed by atoms with E-state index in [0.717, 1.165) is 36.5 Å². The Kier molecular flexibility index (Phi) is 9.14. The highest BCUT2D eigenvalue weighted by atomic mass is 32.2. The molecule has 3 heterocycles. The molecule has 6 atom stereocenters. The van der Waals surface area contributed by atoms with Crippen molar-refractivity contribution in [3.63, 3.8) is 0 Å². The van der Waals surface area contributed by atoms with E-state index < -0.39 is 50.9 Å². The van der Waals surface area contributed by atoms with E-state index in [2.05, 4.69) is 28.9 Å². The van der Waals surface area contributed by atoms with Crippen molar-refractivity contribution in [3.05, 3.63) is 30.5 Å². The first kappa shape index (κ1) is 33.4. The standard InChI is InChI=1S/C34H45FN4O7S/c1-21-8-4-5-9-23-17-34(23,32(42)38-47(43,44)33(20-35)12-13-33)37-30(41)27-16-24(19-39(27)29(40)15-22(2)14-21)46-31-26-11-7-6-10-25(26)28(45-3)18-36-31/h6-7,10-11,18,21-24,27H,4-5,8-9,12-17,19-20H2,1-3H3,(H,37,41)(H,38,42)/t21?,22-,23-,24-,27+,34-/m1/s1. The molecule has 47 heavy (non-hydrogen) atoms. The van der Waals surface area contributed by atoms with Crippen molar-refractivity contribution in [2.24, 2.45) is 17.8 Å². The minimum atomic E-state index is -4.27. The smallest absolute Gasteiger partial charge is 0.259 e. The van der Waals surface area contributed by atoms with E-state index in [-0.39, 0.29) is 56.4 Å². The molecule has 6 rings (SSSR count). The molecule has 13 heteroatoms. The average Bonchev–Trinajstić information content (AvgIpc) is 3.94. The Morgan fingerprint density at radius 3 is 2.53 bits per heavy atom. The summed E-state index contributed by atoms with van der Waals surface area (Å²) < 4.78 is 52.1. The number of rotatable bonds is 7.